The van der Waals surface area contributed by atoms with Gasteiger partial charge in [-0.15, -0.1) is 0 Å². The molecule has 0 bridgehead atoms. The number of nitrogens with one attached hydrogen (secondary N) is 1. The van der Waals surface area contributed by atoms with E-state index in [2.05, 4.69) is 40.3 Å². The normalized spacial score (nSPS) is 11.1. The molecule has 0 unspecified atom stereocenters. The van der Waals surface area contributed by atoms with Gasteiger partial charge in [-0.05, 0) is 37.2 Å². The fourth-order valence-corrected chi connectivity index (χ4v) is 2.26. The van der Waals surface area contributed by atoms with Gasteiger partial charge in [0.2, 0.25) is 0 Å². The molecular formula is C13H17BrClNO. The molecule has 0 radical (unpaired) electrons. The summed E-state index contributed by atoms with van der Waals surface area (Å²) < 4.78 is 6.80. The Kier molecular flexibility index (Phi) is 6.63. The van der Waals surface area contributed by atoms with Gasteiger partial charge in [0.15, 0.2) is 0 Å². The lowest BCUT2D eigenvalue weighted by Crippen LogP contribution is -2.13. The molecule has 1 N–H and O–H groups in total. The minimum atomic E-state index is 0.491. The van der Waals surface area contributed by atoms with E-state index in [9.17, 15) is 0 Å². The molecule has 0 amide bonds. The summed E-state index contributed by atoms with van der Waals surface area (Å²) in [4.78, 5) is 0. The molecule has 0 fully saturated rings. The third kappa shape index (κ3) is 4.70. The molecule has 1 rings (SSSR count). The quantitative estimate of drug-likeness (QED) is 0.856. The van der Waals surface area contributed by atoms with E-state index in [0.717, 1.165) is 34.4 Å². The van der Waals surface area contributed by atoms with Gasteiger partial charge >= 0.3 is 0 Å². The van der Waals surface area contributed by atoms with Gasteiger partial charge in [-0.1, -0.05) is 34.5 Å². The van der Waals surface area contributed by atoms with E-state index in [1.54, 1.807) is 6.08 Å². The van der Waals surface area contributed by atoms with E-state index in [1.807, 2.05) is 6.92 Å². The first-order chi connectivity index (χ1) is 8.19. The van der Waals surface area contributed by atoms with Crippen molar-refractivity contribution in [3.63, 3.8) is 0 Å². The molecule has 0 aliphatic carbocycles. The van der Waals surface area contributed by atoms with Gasteiger partial charge in [-0.2, -0.15) is 0 Å². The molecule has 0 spiro atoms. The van der Waals surface area contributed by atoms with Gasteiger partial charge in [0.1, 0.15) is 12.4 Å². The molecule has 17 heavy (non-hydrogen) atoms. The van der Waals surface area contributed by atoms with Crippen molar-refractivity contribution in [1.82, 2.24) is 5.32 Å². The molecule has 1 aromatic carbocycles. The van der Waals surface area contributed by atoms with Crippen molar-refractivity contribution in [3.05, 3.63) is 39.3 Å². The van der Waals surface area contributed by atoms with Crippen molar-refractivity contribution in [1.29, 1.82) is 0 Å². The predicted octanol–water partition coefficient (Wildman–Crippen LogP) is 4.00. The Morgan fingerprint density at radius 2 is 2.24 bits per heavy atom. The van der Waals surface area contributed by atoms with Crippen LogP contribution in [-0.2, 0) is 6.54 Å². The van der Waals surface area contributed by atoms with Crippen LogP contribution in [0.2, 0.25) is 0 Å². The van der Waals surface area contributed by atoms with Gasteiger partial charge in [0.25, 0.3) is 0 Å². The van der Waals surface area contributed by atoms with Crippen LogP contribution in [0.4, 0.5) is 0 Å². The second kappa shape index (κ2) is 7.75. The number of aryl methyl sites for hydroxylation is 1. The van der Waals surface area contributed by atoms with E-state index in [0.29, 0.717) is 6.61 Å². The Labute approximate surface area is 116 Å². The largest absolute Gasteiger partial charge is 0.489 e. The van der Waals surface area contributed by atoms with Crippen molar-refractivity contribution in [3.8, 4) is 5.75 Å². The molecule has 0 heterocycles. The molecule has 0 aliphatic rings. The van der Waals surface area contributed by atoms with Crippen LogP contribution >= 0.6 is 27.5 Å². The molecule has 0 saturated carbocycles. The lowest BCUT2D eigenvalue weighted by Gasteiger charge is -2.14. The third-order valence-electron chi connectivity index (χ3n) is 2.29. The van der Waals surface area contributed by atoms with E-state index < -0.39 is 0 Å². The standard InChI is InChI=1S/C13H17BrClNO/c1-3-16-9-11-8-12(14)7-10(2)13(11)17-6-4-5-15/h4-5,7-8,16H,3,6,9H2,1-2H3/b5-4+. The second-order valence-corrected chi connectivity index (χ2v) is 4.83. The van der Waals surface area contributed by atoms with Gasteiger partial charge in [-0.3, -0.25) is 0 Å². The second-order valence-electron chi connectivity index (χ2n) is 3.66. The van der Waals surface area contributed by atoms with Crippen LogP contribution in [0, 0.1) is 6.92 Å². The molecule has 0 aromatic heterocycles. The summed E-state index contributed by atoms with van der Waals surface area (Å²) in [5.41, 5.74) is 3.75. The molecule has 0 aliphatic heterocycles. The Hall–Kier alpha value is -0.510. The van der Waals surface area contributed by atoms with Crippen LogP contribution in [0.25, 0.3) is 0 Å². The molecule has 4 heteroatoms. The van der Waals surface area contributed by atoms with Crippen molar-refractivity contribution in [2.24, 2.45) is 0 Å². The summed E-state index contributed by atoms with van der Waals surface area (Å²) in [5, 5.41) is 3.30. The summed E-state index contributed by atoms with van der Waals surface area (Å²) in [5.74, 6) is 0.934. The molecule has 2 nitrogen and oxygen atoms in total. The number of halogens is 2. The molecule has 0 saturated heterocycles. The minimum absolute atomic E-state index is 0.491. The number of hydrogen-bond acceptors (Lipinski definition) is 2. The summed E-state index contributed by atoms with van der Waals surface area (Å²) in [6, 6.07) is 4.13. The zero-order valence-electron chi connectivity index (χ0n) is 10.1. The average molecular weight is 319 g/mol. The third-order valence-corrected chi connectivity index (χ3v) is 2.93. The van der Waals surface area contributed by atoms with Crippen molar-refractivity contribution in [2.45, 2.75) is 20.4 Å². The van der Waals surface area contributed by atoms with Crippen molar-refractivity contribution >= 4 is 27.5 Å². The highest BCUT2D eigenvalue weighted by molar-refractivity contribution is 9.10. The average Bonchev–Trinajstić information content (AvgIpc) is 2.29. The van der Waals surface area contributed by atoms with E-state index in [-0.39, 0.29) is 0 Å². The maximum atomic E-state index is 5.73. The fourth-order valence-electron chi connectivity index (χ4n) is 1.56. The van der Waals surface area contributed by atoms with Crippen LogP contribution in [0.15, 0.2) is 28.2 Å². The van der Waals surface area contributed by atoms with Crippen molar-refractivity contribution < 1.29 is 4.74 Å². The Morgan fingerprint density at radius 1 is 1.47 bits per heavy atom. The smallest absolute Gasteiger partial charge is 0.127 e. The van der Waals surface area contributed by atoms with Gasteiger partial charge in [-0.25, -0.2) is 0 Å². The summed E-state index contributed by atoms with van der Waals surface area (Å²) >= 11 is 8.98. The predicted molar refractivity (Wildman–Crippen MR) is 76.7 cm³/mol. The summed E-state index contributed by atoms with van der Waals surface area (Å²) in [6.07, 6.45) is 1.78. The number of benzene rings is 1. The van der Waals surface area contributed by atoms with Crippen molar-refractivity contribution in [2.75, 3.05) is 13.2 Å². The summed E-state index contributed by atoms with van der Waals surface area (Å²) in [6.45, 7) is 6.36. The monoisotopic (exact) mass is 317 g/mol. The molecule has 0 atom stereocenters. The highest BCUT2D eigenvalue weighted by Gasteiger charge is 2.08. The fraction of sp³-hybridized carbons (Fsp3) is 0.385. The lowest BCUT2D eigenvalue weighted by atomic mass is 10.1. The number of ether oxygens (including phenoxy) is 1. The molecule has 1 aromatic rings. The highest BCUT2D eigenvalue weighted by Crippen LogP contribution is 2.28. The van der Waals surface area contributed by atoms with Crippen LogP contribution in [0.5, 0.6) is 5.75 Å². The number of rotatable bonds is 6. The van der Waals surface area contributed by atoms with Gasteiger partial charge < -0.3 is 10.1 Å². The van der Waals surface area contributed by atoms with E-state index >= 15 is 0 Å². The minimum Gasteiger partial charge on any atom is -0.489 e. The van der Waals surface area contributed by atoms with Gasteiger partial charge in [0.05, 0.1) is 0 Å². The highest BCUT2D eigenvalue weighted by atomic mass is 79.9. The lowest BCUT2D eigenvalue weighted by molar-refractivity contribution is 0.355. The number of hydrogen-bond donors (Lipinski definition) is 1. The zero-order valence-corrected chi connectivity index (χ0v) is 12.4. The Morgan fingerprint density at radius 3 is 2.88 bits per heavy atom. The van der Waals surface area contributed by atoms with Crippen LogP contribution < -0.4 is 10.1 Å². The van der Waals surface area contributed by atoms with E-state index in [1.165, 1.54) is 5.54 Å². The van der Waals surface area contributed by atoms with E-state index in [4.69, 9.17) is 16.3 Å². The molecular weight excluding hydrogens is 302 g/mol. The Bertz CT molecular complexity index is 393. The Balaban J connectivity index is 2.89. The van der Waals surface area contributed by atoms with Crippen LogP contribution in [-0.4, -0.2) is 13.2 Å². The zero-order chi connectivity index (χ0) is 12.7. The maximum Gasteiger partial charge on any atom is 0.127 e. The first-order valence-electron chi connectivity index (χ1n) is 5.56. The maximum absolute atomic E-state index is 5.73. The first-order valence-corrected chi connectivity index (χ1v) is 6.79. The summed E-state index contributed by atoms with van der Waals surface area (Å²) in [7, 11) is 0. The molecule has 94 valence electrons. The van der Waals surface area contributed by atoms with Crippen LogP contribution in [0.3, 0.4) is 0 Å². The topological polar surface area (TPSA) is 21.3 Å². The van der Waals surface area contributed by atoms with Gasteiger partial charge in [0, 0.05) is 22.1 Å². The first kappa shape index (κ1) is 14.6. The van der Waals surface area contributed by atoms with Crippen LogP contribution in [0.1, 0.15) is 18.1 Å². The SMILES string of the molecule is CCNCc1cc(Br)cc(C)c1OC/C=C/Cl.